The number of ether oxygens (including phenoxy) is 1. The van der Waals surface area contributed by atoms with E-state index in [0.29, 0.717) is 11.5 Å². The highest BCUT2D eigenvalue weighted by atomic mass is 16.5. The summed E-state index contributed by atoms with van der Waals surface area (Å²) >= 11 is 0. The van der Waals surface area contributed by atoms with E-state index < -0.39 is 0 Å². The molecule has 1 spiro atoms. The van der Waals surface area contributed by atoms with Gasteiger partial charge in [-0.1, -0.05) is 26.8 Å². The SMILES string of the molecule is C=C(CCC)NC1CC[C@@]2(C)CCC3CC2(C1)OC3(C)C. The van der Waals surface area contributed by atoms with Gasteiger partial charge in [-0.3, -0.25) is 0 Å². The third-order valence-corrected chi connectivity index (χ3v) is 6.74. The van der Waals surface area contributed by atoms with Crippen LogP contribution in [0.25, 0.3) is 0 Å². The molecule has 0 aromatic rings. The lowest BCUT2D eigenvalue weighted by Gasteiger charge is -2.54. The maximum absolute atomic E-state index is 6.77. The van der Waals surface area contributed by atoms with Gasteiger partial charge in [-0.05, 0) is 70.1 Å². The number of fused-ring (bicyclic) bond motifs is 1. The molecule has 2 saturated carbocycles. The summed E-state index contributed by atoms with van der Waals surface area (Å²) in [4.78, 5) is 0. The van der Waals surface area contributed by atoms with Crippen molar-refractivity contribution in [3.63, 3.8) is 0 Å². The van der Waals surface area contributed by atoms with Gasteiger partial charge < -0.3 is 10.1 Å². The van der Waals surface area contributed by atoms with E-state index in [0.717, 1.165) is 12.3 Å². The molecule has 4 atom stereocenters. The van der Waals surface area contributed by atoms with E-state index in [2.05, 4.69) is 39.6 Å². The summed E-state index contributed by atoms with van der Waals surface area (Å²) in [5, 5.41) is 3.70. The van der Waals surface area contributed by atoms with Crippen LogP contribution in [0.1, 0.15) is 79.1 Å². The van der Waals surface area contributed by atoms with Crippen LogP contribution in [0.2, 0.25) is 0 Å². The highest BCUT2D eigenvalue weighted by Crippen LogP contribution is 2.63. The largest absolute Gasteiger partial charge is 0.386 e. The average Bonchev–Trinajstić information content (AvgIpc) is 2.60. The maximum atomic E-state index is 6.77. The van der Waals surface area contributed by atoms with Crippen LogP contribution in [-0.4, -0.2) is 17.2 Å². The normalized spacial score (nSPS) is 44.2. The van der Waals surface area contributed by atoms with Crippen molar-refractivity contribution in [2.45, 2.75) is 96.3 Å². The Bertz CT molecular complexity index is 429. The zero-order valence-corrected chi connectivity index (χ0v) is 14.4. The second-order valence-corrected chi connectivity index (χ2v) is 8.64. The summed E-state index contributed by atoms with van der Waals surface area (Å²) < 4.78 is 6.77. The van der Waals surface area contributed by atoms with Crippen molar-refractivity contribution in [3.05, 3.63) is 12.3 Å². The van der Waals surface area contributed by atoms with E-state index in [-0.39, 0.29) is 11.2 Å². The van der Waals surface area contributed by atoms with Crippen LogP contribution in [0, 0.1) is 11.3 Å². The fourth-order valence-electron chi connectivity index (χ4n) is 5.32. The fourth-order valence-corrected chi connectivity index (χ4v) is 5.32. The van der Waals surface area contributed by atoms with Gasteiger partial charge in [0.1, 0.15) is 0 Å². The Labute approximate surface area is 130 Å². The van der Waals surface area contributed by atoms with Crippen molar-refractivity contribution in [1.29, 1.82) is 0 Å². The summed E-state index contributed by atoms with van der Waals surface area (Å²) in [7, 11) is 0. The van der Waals surface area contributed by atoms with Crippen LogP contribution in [0.5, 0.6) is 0 Å². The molecule has 3 aliphatic rings. The van der Waals surface area contributed by atoms with Gasteiger partial charge >= 0.3 is 0 Å². The van der Waals surface area contributed by atoms with Crippen molar-refractivity contribution in [1.82, 2.24) is 5.32 Å². The minimum absolute atomic E-state index is 0.0695. The Balaban J connectivity index is 1.76. The van der Waals surface area contributed by atoms with Gasteiger partial charge in [0.05, 0.1) is 11.2 Å². The van der Waals surface area contributed by atoms with Gasteiger partial charge in [-0.15, -0.1) is 0 Å². The standard InChI is InChI=1S/C19H33NO/c1-6-7-14(2)20-16-9-11-18(5)10-8-15-12-19(18,13-16)21-17(15,3)4/h15-16,20H,2,6-13H2,1,3-5H3/t15?,16?,18-,19?/m1/s1. The summed E-state index contributed by atoms with van der Waals surface area (Å²) in [6.07, 6.45) is 9.99. The second-order valence-electron chi connectivity index (χ2n) is 8.64. The molecule has 2 aliphatic carbocycles. The summed E-state index contributed by atoms with van der Waals surface area (Å²) in [6.45, 7) is 13.5. The smallest absolute Gasteiger partial charge is 0.0766 e. The molecule has 1 aliphatic heterocycles. The van der Waals surface area contributed by atoms with Crippen LogP contribution in [-0.2, 0) is 4.74 Å². The van der Waals surface area contributed by atoms with Gasteiger partial charge in [0.25, 0.3) is 0 Å². The lowest BCUT2D eigenvalue weighted by atomic mass is 9.55. The topological polar surface area (TPSA) is 21.3 Å². The molecular weight excluding hydrogens is 258 g/mol. The number of hydrogen-bond donors (Lipinski definition) is 1. The molecule has 21 heavy (non-hydrogen) atoms. The van der Waals surface area contributed by atoms with Crippen molar-refractivity contribution in [2.24, 2.45) is 11.3 Å². The van der Waals surface area contributed by atoms with Crippen LogP contribution in [0.15, 0.2) is 12.3 Å². The Morgan fingerprint density at radius 2 is 1.90 bits per heavy atom. The molecule has 2 heteroatoms. The van der Waals surface area contributed by atoms with Crippen molar-refractivity contribution in [3.8, 4) is 0 Å². The van der Waals surface area contributed by atoms with E-state index in [9.17, 15) is 0 Å². The fraction of sp³-hybridized carbons (Fsp3) is 0.895. The van der Waals surface area contributed by atoms with E-state index in [1.165, 1.54) is 50.6 Å². The molecular formula is C19H33NO. The zero-order valence-electron chi connectivity index (χ0n) is 14.4. The Morgan fingerprint density at radius 1 is 1.19 bits per heavy atom. The Hall–Kier alpha value is -0.500. The first kappa shape index (κ1) is 15.4. The second kappa shape index (κ2) is 5.01. The van der Waals surface area contributed by atoms with Crippen LogP contribution in [0.3, 0.4) is 0 Å². The number of allylic oxidation sites excluding steroid dienone is 1. The first-order valence-corrected chi connectivity index (χ1v) is 8.95. The quantitative estimate of drug-likeness (QED) is 0.803. The molecule has 2 bridgehead atoms. The molecule has 1 N–H and O–H groups in total. The lowest BCUT2D eigenvalue weighted by molar-refractivity contribution is -0.171. The minimum Gasteiger partial charge on any atom is -0.386 e. The van der Waals surface area contributed by atoms with Crippen molar-refractivity contribution < 1.29 is 4.74 Å². The number of nitrogens with one attached hydrogen (secondary N) is 1. The van der Waals surface area contributed by atoms with Crippen LogP contribution < -0.4 is 5.32 Å². The first-order chi connectivity index (χ1) is 9.80. The monoisotopic (exact) mass is 291 g/mol. The summed E-state index contributed by atoms with van der Waals surface area (Å²) in [5.74, 6) is 0.753. The molecule has 120 valence electrons. The molecule has 3 fully saturated rings. The zero-order chi connectivity index (χ0) is 15.3. The molecule has 0 radical (unpaired) electrons. The van der Waals surface area contributed by atoms with Crippen molar-refractivity contribution >= 4 is 0 Å². The number of hydrogen-bond acceptors (Lipinski definition) is 2. The predicted octanol–water partition coefficient (Wildman–Crippen LogP) is 4.80. The molecule has 3 unspecified atom stereocenters. The molecule has 0 aromatic carbocycles. The maximum Gasteiger partial charge on any atom is 0.0766 e. The third-order valence-electron chi connectivity index (χ3n) is 6.74. The van der Waals surface area contributed by atoms with E-state index in [1.807, 2.05) is 0 Å². The van der Waals surface area contributed by atoms with Gasteiger partial charge in [-0.2, -0.15) is 0 Å². The van der Waals surface area contributed by atoms with Gasteiger partial charge in [0.2, 0.25) is 0 Å². The third kappa shape index (κ3) is 2.44. The average molecular weight is 291 g/mol. The predicted molar refractivity (Wildman–Crippen MR) is 88.2 cm³/mol. The Morgan fingerprint density at radius 3 is 2.62 bits per heavy atom. The molecule has 2 nitrogen and oxygen atoms in total. The van der Waals surface area contributed by atoms with E-state index in [4.69, 9.17) is 4.74 Å². The van der Waals surface area contributed by atoms with Gasteiger partial charge in [0, 0.05) is 11.7 Å². The van der Waals surface area contributed by atoms with Crippen LogP contribution in [0.4, 0.5) is 0 Å². The molecule has 0 aromatic heterocycles. The van der Waals surface area contributed by atoms with Gasteiger partial charge in [0.15, 0.2) is 0 Å². The lowest BCUT2D eigenvalue weighted by Crippen LogP contribution is -2.56. The molecule has 0 amide bonds. The number of rotatable bonds is 4. The summed E-state index contributed by atoms with van der Waals surface area (Å²) in [6, 6.07) is 0.560. The summed E-state index contributed by atoms with van der Waals surface area (Å²) in [5.41, 5.74) is 1.79. The molecule has 3 rings (SSSR count). The van der Waals surface area contributed by atoms with Crippen molar-refractivity contribution in [2.75, 3.05) is 0 Å². The highest BCUT2D eigenvalue weighted by molar-refractivity contribution is 5.15. The minimum atomic E-state index is 0.0695. The highest BCUT2D eigenvalue weighted by Gasteiger charge is 2.64. The Kier molecular flexibility index (Phi) is 3.67. The molecule has 1 heterocycles. The van der Waals surface area contributed by atoms with E-state index in [1.54, 1.807) is 0 Å². The van der Waals surface area contributed by atoms with Crippen LogP contribution >= 0.6 is 0 Å². The van der Waals surface area contributed by atoms with E-state index >= 15 is 0 Å². The molecule has 1 saturated heterocycles. The van der Waals surface area contributed by atoms with Gasteiger partial charge in [-0.25, -0.2) is 0 Å². The first-order valence-electron chi connectivity index (χ1n) is 8.95.